The van der Waals surface area contributed by atoms with Crippen LogP contribution in [0.3, 0.4) is 0 Å². The van der Waals surface area contributed by atoms with Gasteiger partial charge in [-0.25, -0.2) is 8.42 Å². The van der Waals surface area contributed by atoms with Crippen molar-refractivity contribution in [2.75, 3.05) is 58.9 Å². The molecule has 0 spiro atoms. The number of aromatic nitrogens is 1. The van der Waals surface area contributed by atoms with Crippen LogP contribution in [0.4, 0.5) is 5.69 Å². The average Bonchev–Trinajstić information content (AvgIpc) is 3.48. The molecule has 0 bridgehead atoms. The number of nitrogens with zero attached hydrogens (tertiary/aromatic N) is 2. The highest BCUT2D eigenvalue weighted by Crippen LogP contribution is 2.42. The zero-order valence-electron chi connectivity index (χ0n) is 25.7. The second-order valence-electron chi connectivity index (χ2n) is 10.9. The number of piperazine rings is 1. The molecule has 11 heteroatoms. The summed E-state index contributed by atoms with van der Waals surface area (Å²) >= 11 is 6.46. The Bertz CT molecular complexity index is 1820. The molecular weight excluding hydrogens is 626 g/mol. The average molecular weight is 662 g/mol. The molecule has 4 aromatic carbocycles. The largest absolute Gasteiger partial charge is 0.468 e. The monoisotopic (exact) mass is 661 g/mol. The van der Waals surface area contributed by atoms with Gasteiger partial charge in [0.05, 0.1) is 10.7 Å². The minimum Gasteiger partial charge on any atom is -0.468 e. The maximum Gasteiger partial charge on any atom is 0.258 e. The molecule has 0 unspecified atom stereocenters. The lowest BCUT2D eigenvalue weighted by molar-refractivity contribution is 0.0509. The van der Waals surface area contributed by atoms with E-state index in [1.165, 1.54) is 0 Å². The van der Waals surface area contributed by atoms with E-state index in [1.807, 2.05) is 97.1 Å². The summed E-state index contributed by atoms with van der Waals surface area (Å²) in [7, 11) is -0.797. The van der Waals surface area contributed by atoms with Gasteiger partial charge in [0.1, 0.15) is 11.5 Å². The number of para-hydroxylation sites is 2. The Morgan fingerprint density at radius 1 is 0.739 bits per heavy atom. The molecule has 1 aliphatic heterocycles. The number of benzene rings is 4. The van der Waals surface area contributed by atoms with E-state index in [0.717, 1.165) is 27.7 Å². The molecule has 6 rings (SSSR count). The molecule has 0 aliphatic carbocycles. The highest BCUT2D eigenvalue weighted by atomic mass is 35.5. The first-order chi connectivity index (χ1) is 22.4. The van der Waals surface area contributed by atoms with Gasteiger partial charge >= 0.3 is 0 Å². The van der Waals surface area contributed by atoms with Crippen molar-refractivity contribution in [3.8, 4) is 11.5 Å². The molecule has 9 nitrogen and oxygen atoms in total. The van der Waals surface area contributed by atoms with Crippen LogP contribution in [0.15, 0.2) is 102 Å². The van der Waals surface area contributed by atoms with E-state index < -0.39 is 15.9 Å². The molecule has 0 saturated carbocycles. The van der Waals surface area contributed by atoms with E-state index in [1.54, 1.807) is 18.5 Å². The zero-order valence-corrected chi connectivity index (χ0v) is 27.3. The van der Waals surface area contributed by atoms with Gasteiger partial charge in [-0.1, -0.05) is 66.2 Å². The summed E-state index contributed by atoms with van der Waals surface area (Å²) in [6.45, 7) is 1.94. The third kappa shape index (κ3) is 6.58. The van der Waals surface area contributed by atoms with Crippen molar-refractivity contribution in [2.45, 2.75) is 10.9 Å². The molecule has 1 fully saturated rings. The molecule has 5 aromatic rings. The maximum absolute atomic E-state index is 14.6. The number of nitrogens with one attached hydrogen (secondary N) is 1. The summed E-state index contributed by atoms with van der Waals surface area (Å²) in [5, 5.41) is 1.67. The number of sulfonamides is 1. The van der Waals surface area contributed by atoms with Crippen molar-refractivity contribution in [2.24, 2.45) is 0 Å². The van der Waals surface area contributed by atoms with Gasteiger partial charge < -0.3 is 28.8 Å². The SMILES string of the molecule is COCOc1ccc(C(c2ccc(OCOC)cc2)c2c(S(=O)(=O)N3CCN(c4ccccc4Cl)CC3)[nH]c3ccccc23)cc1. The van der Waals surface area contributed by atoms with Gasteiger partial charge in [0.25, 0.3) is 10.0 Å². The number of H-pyrrole nitrogens is 1. The van der Waals surface area contributed by atoms with Gasteiger partial charge in [-0.3, -0.25) is 0 Å². The van der Waals surface area contributed by atoms with Gasteiger partial charge in [0.2, 0.25) is 0 Å². The van der Waals surface area contributed by atoms with Crippen molar-refractivity contribution < 1.29 is 27.4 Å². The molecule has 1 aromatic heterocycles. The van der Waals surface area contributed by atoms with Crippen LogP contribution in [0, 0.1) is 0 Å². The standard InChI is InChI=1S/C35H36ClN3O6S/c1-42-23-44-27-15-11-25(12-16-27)33(26-13-17-28(18-14-26)45-24-43-2)34-29-7-3-5-9-31(29)37-35(34)46(40,41)39-21-19-38(20-22-39)32-10-6-4-8-30(32)36/h3-18,33,37H,19-24H2,1-2H3. The molecule has 0 atom stereocenters. The summed E-state index contributed by atoms with van der Waals surface area (Å²) in [6.07, 6.45) is 0. The smallest absolute Gasteiger partial charge is 0.258 e. The lowest BCUT2D eigenvalue weighted by Gasteiger charge is -2.36. The van der Waals surface area contributed by atoms with Crippen molar-refractivity contribution in [3.63, 3.8) is 0 Å². The molecular formula is C35H36ClN3O6S. The summed E-state index contributed by atoms with van der Waals surface area (Å²) in [5.41, 5.74) is 4.14. The predicted octanol–water partition coefficient (Wildman–Crippen LogP) is 6.48. The lowest BCUT2D eigenvalue weighted by Crippen LogP contribution is -2.49. The van der Waals surface area contributed by atoms with Crippen molar-refractivity contribution in [3.05, 3.63) is 119 Å². The van der Waals surface area contributed by atoms with Crippen molar-refractivity contribution in [1.29, 1.82) is 0 Å². The number of hydrogen-bond donors (Lipinski definition) is 1. The highest BCUT2D eigenvalue weighted by Gasteiger charge is 2.36. The number of halogens is 1. The van der Waals surface area contributed by atoms with Gasteiger partial charge in [-0.15, -0.1) is 0 Å². The van der Waals surface area contributed by atoms with E-state index in [0.29, 0.717) is 48.3 Å². The van der Waals surface area contributed by atoms with E-state index >= 15 is 0 Å². The number of ether oxygens (including phenoxy) is 4. The van der Waals surface area contributed by atoms with Crippen LogP contribution >= 0.6 is 11.6 Å². The Hall–Kier alpha value is -4.06. The molecule has 1 saturated heterocycles. The topological polar surface area (TPSA) is 93.3 Å². The van der Waals surface area contributed by atoms with E-state index in [2.05, 4.69) is 9.88 Å². The number of methoxy groups -OCH3 is 2. The number of hydrogen-bond acceptors (Lipinski definition) is 7. The van der Waals surface area contributed by atoms with Crippen LogP contribution in [0.5, 0.6) is 11.5 Å². The molecule has 0 radical (unpaired) electrons. The summed E-state index contributed by atoms with van der Waals surface area (Å²) < 4.78 is 52.1. The quantitative estimate of drug-likeness (QED) is 0.153. The van der Waals surface area contributed by atoms with Gasteiger partial charge in [-0.2, -0.15) is 4.31 Å². The van der Waals surface area contributed by atoms with E-state index in [-0.39, 0.29) is 18.6 Å². The number of aromatic amines is 1. The van der Waals surface area contributed by atoms with E-state index in [9.17, 15) is 8.42 Å². The summed E-state index contributed by atoms with van der Waals surface area (Å²) in [5.74, 6) is 0.866. The van der Waals surface area contributed by atoms with E-state index in [4.69, 9.17) is 30.5 Å². The first-order valence-electron chi connectivity index (χ1n) is 14.9. The van der Waals surface area contributed by atoms with Gasteiger partial charge in [-0.05, 0) is 53.6 Å². The summed E-state index contributed by atoms with van der Waals surface area (Å²) in [4.78, 5) is 5.43. The fourth-order valence-corrected chi connectivity index (χ4v) is 7.83. The Kier molecular flexibility index (Phi) is 9.81. The van der Waals surface area contributed by atoms with Crippen molar-refractivity contribution in [1.82, 2.24) is 9.29 Å². The van der Waals surface area contributed by atoms with Crippen LogP contribution in [0.25, 0.3) is 10.9 Å². The van der Waals surface area contributed by atoms with Crippen LogP contribution in [-0.2, 0) is 19.5 Å². The summed E-state index contributed by atoms with van der Waals surface area (Å²) in [6, 6.07) is 30.7. The molecule has 0 amide bonds. The highest BCUT2D eigenvalue weighted by molar-refractivity contribution is 7.89. The fourth-order valence-electron chi connectivity index (χ4n) is 5.93. The molecule has 1 N–H and O–H groups in total. The molecule has 2 heterocycles. The first kappa shape index (κ1) is 31.9. The fraction of sp³-hybridized carbons (Fsp3) is 0.257. The van der Waals surface area contributed by atoms with Gasteiger partial charge in [0.15, 0.2) is 18.6 Å². The predicted molar refractivity (Wildman–Crippen MR) is 180 cm³/mol. The molecule has 1 aliphatic rings. The van der Waals surface area contributed by atoms with Crippen LogP contribution < -0.4 is 14.4 Å². The number of anilines is 1. The normalized spacial score (nSPS) is 14.2. The minimum atomic E-state index is -3.94. The first-order valence-corrected chi connectivity index (χ1v) is 16.8. The third-order valence-corrected chi connectivity index (χ3v) is 10.3. The lowest BCUT2D eigenvalue weighted by atomic mass is 9.85. The Labute approximate surface area is 274 Å². The second-order valence-corrected chi connectivity index (χ2v) is 13.2. The Morgan fingerprint density at radius 3 is 1.85 bits per heavy atom. The Balaban J connectivity index is 1.42. The number of fused-ring (bicyclic) bond motifs is 1. The molecule has 240 valence electrons. The minimum absolute atomic E-state index is 0.125. The second kappa shape index (κ2) is 14.1. The van der Waals surface area contributed by atoms with Gasteiger partial charge in [0, 0.05) is 62.8 Å². The van der Waals surface area contributed by atoms with Crippen LogP contribution in [-0.4, -0.2) is 71.7 Å². The number of rotatable bonds is 12. The van der Waals surface area contributed by atoms with Crippen molar-refractivity contribution >= 4 is 38.2 Å². The van der Waals surface area contributed by atoms with Crippen LogP contribution in [0.2, 0.25) is 5.02 Å². The third-order valence-electron chi connectivity index (χ3n) is 8.14. The van der Waals surface area contributed by atoms with Crippen LogP contribution in [0.1, 0.15) is 22.6 Å². The molecule has 46 heavy (non-hydrogen) atoms. The Morgan fingerprint density at radius 2 is 1.28 bits per heavy atom. The maximum atomic E-state index is 14.6. The zero-order chi connectivity index (χ0) is 32.1.